The monoisotopic (exact) mass is 262 g/mol. The molecule has 0 bridgehead atoms. The lowest BCUT2D eigenvalue weighted by molar-refractivity contribution is 0.844. The predicted molar refractivity (Wildman–Crippen MR) is 74.5 cm³/mol. The molecule has 1 aromatic heterocycles. The van der Waals surface area contributed by atoms with Crippen molar-refractivity contribution < 1.29 is 0 Å². The van der Waals surface area contributed by atoms with E-state index in [9.17, 15) is 0 Å². The Balaban J connectivity index is 1.91. The van der Waals surface area contributed by atoms with Gasteiger partial charge >= 0.3 is 0 Å². The molecule has 1 aliphatic heterocycles. The van der Waals surface area contributed by atoms with E-state index in [1.165, 1.54) is 16.3 Å². The fraction of sp³-hybridized carbons (Fsp3) is 0.308. The van der Waals surface area contributed by atoms with Gasteiger partial charge in [-0.15, -0.1) is 11.3 Å². The van der Waals surface area contributed by atoms with Crippen molar-refractivity contribution in [3.05, 3.63) is 51.5 Å². The number of nitrogens with two attached hydrogens (primary N) is 1. The van der Waals surface area contributed by atoms with Gasteiger partial charge in [0, 0.05) is 10.6 Å². The van der Waals surface area contributed by atoms with Crippen LogP contribution in [-0.2, 0) is 12.2 Å². The van der Waals surface area contributed by atoms with Gasteiger partial charge in [0.1, 0.15) is 5.01 Å². The SMILES string of the molecule is NC(c1ccccc1)c1nc2c(s1)CSCC2. The smallest absolute Gasteiger partial charge is 0.114 e. The zero-order valence-electron chi connectivity index (χ0n) is 9.43. The highest BCUT2D eigenvalue weighted by atomic mass is 32.2. The topological polar surface area (TPSA) is 38.9 Å². The van der Waals surface area contributed by atoms with Crippen LogP contribution in [0.5, 0.6) is 0 Å². The minimum Gasteiger partial charge on any atom is -0.318 e. The number of rotatable bonds is 2. The molecule has 0 radical (unpaired) electrons. The molecule has 2 N–H and O–H groups in total. The molecular weight excluding hydrogens is 248 g/mol. The van der Waals surface area contributed by atoms with Gasteiger partial charge in [-0.05, 0) is 17.7 Å². The van der Waals surface area contributed by atoms with Gasteiger partial charge in [0.05, 0.1) is 11.7 Å². The number of thiazole rings is 1. The Bertz CT molecular complexity index is 484. The van der Waals surface area contributed by atoms with Gasteiger partial charge < -0.3 is 5.73 Å². The summed E-state index contributed by atoms with van der Waals surface area (Å²) in [5.41, 5.74) is 8.69. The van der Waals surface area contributed by atoms with Crippen LogP contribution in [-0.4, -0.2) is 10.7 Å². The van der Waals surface area contributed by atoms with Crippen LogP contribution in [0, 0.1) is 0 Å². The zero-order chi connectivity index (χ0) is 11.7. The number of thioether (sulfide) groups is 1. The number of aromatic nitrogens is 1. The van der Waals surface area contributed by atoms with E-state index in [1.54, 1.807) is 11.3 Å². The summed E-state index contributed by atoms with van der Waals surface area (Å²) in [4.78, 5) is 6.13. The summed E-state index contributed by atoms with van der Waals surface area (Å²) in [5, 5.41) is 1.06. The second kappa shape index (κ2) is 4.80. The molecule has 1 atom stereocenters. The molecule has 0 saturated heterocycles. The second-order valence-corrected chi connectivity index (χ2v) is 6.33. The van der Waals surface area contributed by atoms with Crippen LogP contribution in [0.15, 0.2) is 30.3 Å². The summed E-state index contributed by atoms with van der Waals surface area (Å²) in [5.74, 6) is 2.30. The Morgan fingerprint density at radius 3 is 2.82 bits per heavy atom. The maximum Gasteiger partial charge on any atom is 0.114 e. The molecule has 1 unspecified atom stereocenters. The Morgan fingerprint density at radius 2 is 2.06 bits per heavy atom. The maximum absolute atomic E-state index is 6.27. The molecule has 1 aromatic carbocycles. The van der Waals surface area contributed by atoms with Crippen LogP contribution in [0.4, 0.5) is 0 Å². The number of benzene rings is 1. The van der Waals surface area contributed by atoms with Gasteiger partial charge in [-0.3, -0.25) is 0 Å². The predicted octanol–water partition coefficient (Wildman–Crippen LogP) is 2.98. The molecule has 3 rings (SSSR count). The number of hydrogen-bond donors (Lipinski definition) is 1. The molecule has 2 nitrogen and oxygen atoms in total. The summed E-state index contributed by atoms with van der Waals surface area (Å²) < 4.78 is 0. The number of fused-ring (bicyclic) bond motifs is 1. The Kier molecular flexibility index (Phi) is 3.18. The van der Waals surface area contributed by atoms with E-state index in [-0.39, 0.29) is 6.04 Å². The normalized spacial score (nSPS) is 16.5. The third-order valence-electron chi connectivity index (χ3n) is 2.94. The lowest BCUT2D eigenvalue weighted by Crippen LogP contribution is -2.11. The van der Waals surface area contributed by atoms with Crippen LogP contribution in [0.1, 0.15) is 27.2 Å². The quantitative estimate of drug-likeness (QED) is 0.904. The van der Waals surface area contributed by atoms with Crippen LogP contribution < -0.4 is 5.73 Å². The largest absolute Gasteiger partial charge is 0.318 e. The standard InChI is InChI=1S/C13H14N2S2/c14-12(9-4-2-1-3-5-9)13-15-10-6-7-16-8-11(10)17-13/h1-5,12H,6-8,14H2. The Labute approximate surface area is 109 Å². The molecule has 0 saturated carbocycles. The van der Waals surface area contributed by atoms with Gasteiger partial charge in [0.2, 0.25) is 0 Å². The van der Waals surface area contributed by atoms with E-state index >= 15 is 0 Å². The van der Waals surface area contributed by atoms with E-state index in [0.29, 0.717) is 0 Å². The summed E-state index contributed by atoms with van der Waals surface area (Å²) in [6.07, 6.45) is 1.10. The third-order valence-corrected chi connectivity index (χ3v) is 5.28. The van der Waals surface area contributed by atoms with Crippen molar-refractivity contribution in [1.82, 2.24) is 4.98 Å². The molecule has 2 aromatic rings. The minimum atomic E-state index is -0.0724. The molecule has 0 spiro atoms. The van der Waals surface area contributed by atoms with Gasteiger partial charge in [-0.25, -0.2) is 4.98 Å². The average molecular weight is 262 g/mol. The maximum atomic E-state index is 6.27. The molecule has 0 amide bonds. The molecule has 0 fully saturated rings. The summed E-state index contributed by atoms with van der Waals surface area (Å²) in [6, 6.07) is 10.1. The van der Waals surface area contributed by atoms with Crippen molar-refractivity contribution in [3.8, 4) is 0 Å². The minimum absolute atomic E-state index is 0.0724. The Morgan fingerprint density at radius 1 is 1.24 bits per heavy atom. The van der Waals surface area contributed by atoms with Crippen LogP contribution in [0.2, 0.25) is 0 Å². The van der Waals surface area contributed by atoms with Crippen molar-refractivity contribution in [2.75, 3.05) is 5.75 Å². The van der Waals surface area contributed by atoms with E-state index in [0.717, 1.165) is 22.7 Å². The average Bonchev–Trinajstić information content (AvgIpc) is 2.82. The first-order valence-electron chi connectivity index (χ1n) is 5.71. The molecule has 2 heterocycles. The highest BCUT2D eigenvalue weighted by Gasteiger charge is 2.19. The Hall–Kier alpha value is -0.840. The van der Waals surface area contributed by atoms with Crippen LogP contribution in [0.3, 0.4) is 0 Å². The highest BCUT2D eigenvalue weighted by molar-refractivity contribution is 7.98. The number of nitrogens with zero attached hydrogens (tertiary/aromatic N) is 1. The van der Waals surface area contributed by atoms with E-state index in [1.807, 2.05) is 30.0 Å². The summed E-state index contributed by atoms with van der Waals surface area (Å²) >= 11 is 3.77. The number of aryl methyl sites for hydroxylation is 1. The van der Waals surface area contributed by atoms with Gasteiger partial charge in [0.25, 0.3) is 0 Å². The first kappa shape index (κ1) is 11.3. The molecular formula is C13H14N2S2. The first-order chi connectivity index (χ1) is 8.34. The van der Waals surface area contributed by atoms with E-state index < -0.39 is 0 Å². The van der Waals surface area contributed by atoms with Gasteiger partial charge in [-0.2, -0.15) is 11.8 Å². The third kappa shape index (κ3) is 2.25. The fourth-order valence-electron chi connectivity index (χ4n) is 1.98. The lowest BCUT2D eigenvalue weighted by Gasteiger charge is -2.07. The van der Waals surface area contributed by atoms with Crippen molar-refractivity contribution in [2.45, 2.75) is 18.2 Å². The van der Waals surface area contributed by atoms with Crippen molar-refractivity contribution in [3.63, 3.8) is 0 Å². The van der Waals surface area contributed by atoms with Gasteiger partial charge in [-0.1, -0.05) is 30.3 Å². The second-order valence-electron chi connectivity index (χ2n) is 4.11. The molecule has 4 heteroatoms. The van der Waals surface area contributed by atoms with E-state index in [4.69, 9.17) is 10.7 Å². The van der Waals surface area contributed by atoms with Crippen molar-refractivity contribution in [2.24, 2.45) is 5.73 Å². The van der Waals surface area contributed by atoms with Crippen molar-refractivity contribution in [1.29, 1.82) is 0 Å². The zero-order valence-corrected chi connectivity index (χ0v) is 11.1. The highest BCUT2D eigenvalue weighted by Crippen LogP contribution is 2.32. The summed E-state index contributed by atoms with van der Waals surface area (Å²) in [6.45, 7) is 0. The lowest BCUT2D eigenvalue weighted by atomic mass is 10.1. The fourth-order valence-corrected chi connectivity index (χ4v) is 4.24. The van der Waals surface area contributed by atoms with Gasteiger partial charge in [0.15, 0.2) is 0 Å². The molecule has 88 valence electrons. The molecule has 0 aliphatic carbocycles. The molecule has 17 heavy (non-hydrogen) atoms. The van der Waals surface area contributed by atoms with E-state index in [2.05, 4.69) is 12.1 Å². The van der Waals surface area contributed by atoms with Crippen LogP contribution >= 0.6 is 23.1 Å². The number of hydrogen-bond acceptors (Lipinski definition) is 4. The van der Waals surface area contributed by atoms with Crippen molar-refractivity contribution >= 4 is 23.1 Å². The molecule has 1 aliphatic rings. The summed E-state index contributed by atoms with van der Waals surface area (Å²) in [7, 11) is 0. The first-order valence-corrected chi connectivity index (χ1v) is 7.68. The van der Waals surface area contributed by atoms with Crippen LogP contribution in [0.25, 0.3) is 0 Å².